The predicted molar refractivity (Wildman–Crippen MR) is 76.9 cm³/mol. The van der Waals surface area contributed by atoms with Crippen LogP contribution in [0.3, 0.4) is 0 Å². The maximum Gasteiger partial charge on any atom is 0.307 e. The van der Waals surface area contributed by atoms with Crippen molar-refractivity contribution in [2.45, 2.75) is 72.4 Å². The van der Waals surface area contributed by atoms with E-state index in [4.69, 9.17) is 4.74 Å². The Balaban J connectivity index is 1.86. The van der Waals surface area contributed by atoms with Gasteiger partial charge in [-0.3, -0.25) is 4.79 Å². The molecule has 3 heteroatoms. The fraction of sp³-hybridized carbons (Fsp3) is 0.938. The number of ether oxygens (including phenoxy) is 1. The van der Waals surface area contributed by atoms with Crippen molar-refractivity contribution >= 4 is 5.97 Å². The first-order valence-electron chi connectivity index (χ1n) is 7.70. The SMILES string of the molecule is CC(C)NCCC(=O)OC1CC2CCC1(C)C2(C)C. The zero-order valence-corrected chi connectivity index (χ0v) is 13.1. The van der Waals surface area contributed by atoms with Crippen molar-refractivity contribution in [3.8, 4) is 0 Å². The van der Waals surface area contributed by atoms with Gasteiger partial charge in [-0.2, -0.15) is 0 Å². The topological polar surface area (TPSA) is 38.3 Å². The number of nitrogens with one attached hydrogen (secondary N) is 1. The van der Waals surface area contributed by atoms with Gasteiger partial charge in [0.15, 0.2) is 0 Å². The normalized spacial score (nSPS) is 35.9. The highest BCUT2D eigenvalue weighted by Gasteiger charge is 2.62. The molecule has 0 aromatic heterocycles. The summed E-state index contributed by atoms with van der Waals surface area (Å²) < 4.78 is 5.79. The van der Waals surface area contributed by atoms with Crippen LogP contribution >= 0.6 is 0 Å². The number of carbonyl (C=O) groups excluding carboxylic acids is 1. The third-order valence-corrected chi connectivity index (χ3v) is 5.87. The molecule has 0 aromatic rings. The highest BCUT2D eigenvalue weighted by atomic mass is 16.5. The molecular formula is C16H29NO2. The third-order valence-electron chi connectivity index (χ3n) is 5.87. The van der Waals surface area contributed by atoms with Gasteiger partial charge >= 0.3 is 5.97 Å². The second kappa shape index (κ2) is 5.08. The maximum atomic E-state index is 11.9. The zero-order chi connectivity index (χ0) is 14.3. The number of rotatable bonds is 5. The summed E-state index contributed by atoms with van der Waals surface area (Å²) in [5, 5.41) is 3.26. The van der Waals surface area contributed by atoms with Crippen molar-refractivity contribution in [2.24, 2.45) is 16.7 Å². The molecule has 3 nitrogen and oxygen atoms in total. The van der Waals surface area contributed by atoms with E-state index >= 15 is 0 Å². The molecule has 0 spiro atoms. The minimum atomic E-state index is -0.0391. The standard InChI is InChI=1S/C16H29NO2/c1-11(2)17-9-7-14(18)19-13-10-12-6-8-16(13,5)15(12,3)4/h11-13,17H,6-10H2,1-5H3. The van der Waals surface area contributed by atoms with E-state index in [1.165, 1.54) is 12.8 Å². The third kappa shape index (κ3) is 2.54. The number of fused-ring (bicyclic) bond motifs is 2. The zero-order valence-electron chi connectivity index (χ0n) is 13.1. The lowest BCUT2D eigenvalue weighted by Crippen LogP contribution is -2.38. The summed E-state index contributed by atoms with van der Waals surface area (Å²) in [5.74, 6) is 0.687. The Morgan fingerprint density at radius 2 is 2.05 bits per heavy atom. The van der Waals surface area contributed by atoms with Crippen LogP contribution in [0.2, 0.25) is 0 Å². The van der Waals surface area contributed by atoms with E-state index in [0.29, 0.717) is 24.4 Å². The van der Waals surface area contributed by atoms with Gasteiger partial charge in [-0.05, 0) is 30.6 Å². The molecule has 3 unspecified atom stereocenters. The Kier molecular flexibility index (Phi) is 3.97. The van der Waals surface area contributed by atoms with Crippen LogP contribution in [-0.4, -0.2) is 24.7 Å². The van der Waals surface area contributed by atoms with Crippen LogP contribution in [-0.2, 0) is 9.53 Å². The van der Waals surface area contributed by atoms with Crippen LogP contribution in [0.15, 0.2) is 0 Å². The fourth-order valence-electron chi connectivity index (χ4n) is 3.99. The Bertz CT molecular complexity index is 351. The van der Waals surface area contributed by atoms with E-state index in [1.807, 2.05) is 0 Å². The Hall–Kier alpha value is -0.570. The largest absolute Gasteiger partial charge is 0.462 e. The average molecular weight is 267 g/mol. The summed E-state index contributed by atoms with van der Waals surface area (Å²) in [4.78, 5) is 11.9. The number of esters is 1. The van der Waals surface area contributed by atoms with Crippen LogP contribution in [0.5, 0.6) is 0 Å². The van der Waals surface area contributed by atoms with E-state index in [9.17, 15) is 4.79 Å². The van der Waals surface area contributed by atoms with Gasteiger partial charge < -0.3 is 10.1 Å². The molecule has 0 heterocycles. The first kappa shape index (κ1) is 14.8. The molecule has 0 aliphatic heterocycles. The maximum absolute atomic E-state index is 11.9. The van der Waals surface area contributed by atoms with Crippen LogP contribution < -0.4 is 5.32 Å². The van der Waals surface area contributed by atoms with Crippen molar-refractivity contribution in [2.75, 3.05) is 6.54 Å². The van der Waals surface area contributed by atoms with Crippen molar-refractivity contribution in [3.63, 3.8) is 0 Å². The molecule has 1 N–H and O–H groups in total. The van der Waals surface area contributed by atoms with Crippen molar-refractivity contribution in [3.05, 3.63) is 0 Å². The summed E-state index contributed by atoms with van der Waals surface area (Å²) in [7, 11) is 0. The van der Waals surface area contributed by atoms with E-state index in [1.54, 1.807) is 0 Å². The first-order valence-corrected chi connectivity index (χ1v) is 7.70. The minimum absolute atomic E-state index is 0.0391. The van der Waals surface area contributed by atoms with Crippen LogP contribution in [0.1, 0.15) is 60.3 Å². The van der Waals surface area contributed by atoms with E-state index < -0.39 is 0 Å². The summed E-state index contributed by atoms with van der Waals surface area (Å²) in [5.41, 5.74) is 0.493. The smallest absolute Gasteiger partial charge is 0.307 e. The van der Waals surface area contributed by atoms with Gasteiger partial charge in [-0.15, -0.1) is 0 Å². The average Bonchev–Trinajstić information content (AvgIpc) is 2.61. The van der Waals surface area contributed by atoms with E-state index in [-0.39, 0.29) is 17.5 Å². The molecule has 19 heavy (non-hydrogen) atoms. The van der Waals surface area contributed by atoms with E-state index in [2.05, 4.69) is 39.9 Å². The molecule has 3 atom stereocenters. The highest BCUT2D eigenvalue weighted by Crippen LogP contribution is 2.66. The molecule has 110 valence electrons. The summed E-state index contributed by atoms with van der Waals surface area (Å²) in [6, 6.07) is 0.423. The summed E-state index contributed by atoms with van der Waals surface area (Å²) in [6.07, 6.45) is 4.18. The van der Waals surface area contributed by atoms with Gasteiger partial charge in [0.25, 0.3) is 0 Å². The Morgan fingerprint density at radius 1 is 1.37 bits per heavy atom. The molecule has 0 radical (unpaired) electrons. The van der Waals surface area contributed by atoms with E-state index in [0.717, 1.165) is 12.3 Å². The molecular weight excluding hydrogens is 238 g/mol. The van der Waals surface area contributed by atoms with Crippen molar-refractivity contribution in [1.82, 2.24) is 5.32 Å². The molecule has 2 rings (SSSR count). The lowest BCUT2D eigenvalue weighted by atomic mass is 9.70. The van der Waals surface area contributed by atoms with Crippen molar-refractivity contribution in [1.29, 1.82) is 0 Å². The second-order valence-corrected chi connectivity index (χ2v) is 7.45. The second-order valence-electron chi connectivity index (χ2n) is 7.45. The van der Waals surface area contributed by atoms with Gasteiger partial charge in [-0.25, -0.2) is 0 Å². The number of hydrogen-bond acceptors (Lipinski definition) is 3. The van der Waals surface area contributed by atoms with Gasteiger partial charge in [0.1, 0.15) is 6.10 Å². The molecule has 0 aromatic carbocycles. The lowest BCUT2D eigenvalue weighted by Gasteiger charge is -2.38. The number of carbonyl (C=O) groups is 1. The molecule has 2 aliphatic rings. The molecule has 0 amide bonds. The lowest BCUT2D eigenvalue weighted by molar-refractivity contribution is -0.156. The van der Waals surface area contributed by atoms with Crippen molar-refractivity contribution < 1.29 is 9.53 Å². The monoisotopic (exact) mass is 267 g/mol. The minimum Gasteiger partial charge on any atom is -0.462 e. The van der Waals surface area contributed by atoms with Crippen LogP contribution in [0.4, 0.5) is 0 Å². The highest BCUT2D eigenvalue weighted by molar-refractivity contribution is 5.70. The summed E-state index contributed by atoms with van der Waals surface area (Å²) >= 11 is 0. The molecule has 0 saturated heterocycles. The molecule has 2 fully saturated rings. The van der Waals surface area contributed by atoms with Gasteiger partial charge in [0.05, 0.1) is 6.42 Å². The summed E-state index contributed by atoms with van der Waals surface area (Å²) in [6.45, 7) is 11.9. The van der Waals surface area contributed by atoms with Crippen LogP contribution in [0, 0.1) is 16.7 Å². The molecule has 2 bridgehead atoms. The van der Waals surface area contributed by atoms with Gasteiger partial charge in [0, 0.05) is 18.0 Å². The first-order chi connectivity index (χ1) is 8.77. The Morgan fingerprint density at radius 3 is 2.53 bits per heavy atom. The quantitative estimate of drug-likeness (QED) is 0.778. The van der Waals surface area contributed by atoms with Gasteiger partial charge in [0.2, 0.25) is 0 Å². The number of hydrogen-bond donors (Lipinski definition) is 1. The predicted octanol–water partition coefficient (Wildman–Crippen LogP) is 3.13. The molecule has 2 aliphatic carbocycles. The fourth-order valence-corrected chi connectivity index (χ4v) is 3.99. The van der Waals surface area contributed by atoms with Gasteiger partial charge in [-0.1, -0.05) is 34.6 Å². The van der Waals surface area contributed by atoms with Crippen LogP contribution in [0.25, 0.3) is 0 Å². The Labute approximate surface area is 117 Å². The molecule has 2 saturated carbocycles.